The molecular weight excluding hydrogens is 446 g/mol. The van der Waals surface area contributed by atoms with E-state index in [1.54, 1.807) is 14.2 Å². The number of hydrogen-bond acceptors (Lipinski definition) is 7. The van der Waals surface area contributed by atoms with Crippen LogP contribution in [-0.2, 0) is 17.7 Å². The van der Waals surface area contributed by atoms with Gasteiger partial charge in [-0.1, -0.05) is 18.2 Å². The quantitative estimate of drug-likeness (QED) is 0.402. The first-order valence-corrected chi connectivity index (χ1v) is 11.7. The Balaban J connectivity index is 1.50. The number of nitrogen functional groups attached to an aromatic ring is 1. The highest BCUT2D eigenvalue weighted by Gasteiger charge is 2.25. The number of aryl methyl sites for hydroxylation is 2. The van der Waals surface area contributed by atoms with Crippen molar-refractivity contribution in [2.24, 2.45) is 0 Å². The zero-order chi connectivity index (χ0) is 24.4. The minimum Gasteiger partial charge on any atom is -0.493 e. The van der Waals surface area contributed by atoms with Crippen molar-refractivity contribution in [2.45, 2.75) is 31.9 Å². The van der Waals surface area contributed by atoms with Crippen molar-refractivity contribution in [3.05, 3.63) is 53.6 Å². The summed E-state index contributed by atoms with van der Waals surface area (Å²) in [6.07, 6.45) is 2.63. The maximum Gasteiger partial charge on any atom is 0.257 e. The van der Waals surface area contributed by atoms with Crippen molar-refractivity contribution in [1.82, 2.24) is 19.9 Å². The molecule has 5 rings (SSSR count). The lowest BCUT2D eigenvalue weighted by Gasteiger charge is -2.12. The molecule has 1 aliphatic rings. The summed E-state index contributed by atoms with van der Waals surface area (Å²) >= 11 is 0. The SMILES string of the molecule is COc1ccc(CCn2c(N)c(C(=O)NCC3CCCO3)c3nc4ccccc4nc32)cc1OC. The molecule has 0 radical (unpaired) electrons. The van der Waals surface area contributed by atoms with E-state index in [2.05, 4.69) is 5.32 Å². The molecule has 1 unspecified atom stereocenters. The number of nitrogens with two attached hydrogens (primary N) is 1. The van der Waals surface area contributed by atoms with Crippen LogP contribution in [0.2, 0.25) is 0 Å². The molecule has 1 amide bonds. The van der Waals surface area contributed by atoms with Gasteiger partial charge in [0.25, 0.3) is 5.91 Å². The first kappa shape index (κ1) is 22.9. The number of nitrogens with zero attached hydrogens (tertiary/aromatic N) is 3. The summed E-state index contributed by atoms with van der Waals surface area (Å²) in [4.78, 5) is 22.9. The van der Waals surface area contributed by atoms with Crippen LogP contribution in [0.5, 0.6) is 11.5 Å². The van der Waals surface area contributed by atoms with Crippen LogP contribution in [0, 0.1) is 0 Å². The standard InChI is InChI=1S/C26H29N5O4/c1-33-20-10-9-16(14-21(20)34-2)11-12-31-24(27)22(26(32)28-15-17-6-5-13-35-17)23-25(31)30-19-8-4-3-7-18(19)29-23/h3-4,7-10,14,17H,5-6,11-13,15,27H2,1-2H3,(H,28,32). The highest BCUT2D eigenvalue weighted by atomic mass is 16.5. The topological polar surface area (TPSA) is 114 Å². The normalized spacial score (nSPS) is 15.5. The Bertz CT molecular complexity index is 1380. The Kier molecular flexibility index (Phi) is 6.41. The molecule has 0 aliphatic carbocycles. The summed E-state index contributed by atoms with van der Waals surface area (Å²) in [6, 6.07) is 13.4. The number of hydrogen-bond donors (Lipinski definition) is 2. The van der Waals surface area contributed by atoms with Crippen LogP contribution < -0.4 is 20.5 Å². The lowest BCUT2D eigenvalue weighted by Crippen LogP contribution is -2.32. The minimum absolute atomic E-state index is 0.0329. The van der Waals surface area contributed by atoms with Crippen molar-refractivity contribution < 1.29 is 19.0 Å². The number of ether oxygens (including phenoxy) is 3. The number of fused-ring (bicyclic) bond motifs is 2. The molecule has 1 aliphatic heterocycles. The van der Waals surface area contributed by atoms with E-state index in [4.69, 9.17) is 29.9 Å². The van der Waals surface area contributed by atoms with E-state index >= 15 is 0 Å². The van der Waals surface area contributed by atoms with E-state index in [1.807, 2.05) is 47.0 Å². The van der Waals surface area contributed by atoms with E-state index in [0.717, 1.165) is 30.5 Å². The summed E-state index contributed by atoms with van der Waals surface area (Å²) in [5.41, 5.74) is 10.5. The van der Waals surface area contributed by atoms with Gasteiger partial charge < -0.3 is 29.8 Å². The van der Waals surface area contributed by atoms with Gasteiger partial charge in [-0.25, -0.2) is 9.97 Å². The summed E-state index contributed by atoms with van der Waals surface area (Å²) < 4.78 is 18.3. The molecule has 1 fully saturated rings. The van der Waals surface area contributed by atoms with Gasteiger partial charge in [-0.05, 0) is 49.1 Å². The molecule has 1 atom stereocenters. The monoisotopic (exact) mass is 475 g/mol. The molecule has 0 bridgehead atoms. The Morgan fingerprint density at radius 1 is 1.14 bits per heavy atom. The van der Waals surface area contributed by atoms with Gasteiger partial charge in [0.15, 0.2) is 17.1 Å². The number of benzene rings is 2. The number of methoxy groups -OCH3 is 2. The van der Waals surface area contributed by atoms with Crippen LogP contribution in [0.15, 0.2) is 42.5 Å². The summed E-state index contributed by atoms with van der Waals surface area (Å²) in [6.45, 7) is 1.69. The van der Waals surface area contributed by atoms with Gasteiger partial charge in [0.05, 0.1) is 31.4 Å². The van der Waals surface area contributed by atoms with E-state index in [1.165, 1.54) is 0 Å². The zero-order valence-corrected chi connectivity index (χ0v) is 19.9. The maximum atomic E-state index is 13.3. The highest BCUT2D eigenvalue weighted by Crippen LogP contribution is 2.30. The van der Waals surface area contributed by atoms with Crippen molar-refractivity contribution in [3.63, 3.8) is 0 Å². The zero-order valence-electron chi connectivity index (χ0n) is 19.9. The molecule has 182 valence electrons. The van der Waals surface area contributed by atoms with E-state index in [-0.39, 0.29) is 12.0 Å². The molecule has 2 aromatic heterocycles. The molecule has 3 heterocycles. The first-order chi connectivity index (χ1) is 17.1. The third-order valence-electron chi connectivity index (χ3n) is 6.40. The number of aromatic nitrogens is 3. The van der Waals surface area contributed by atoms with Gasteiger partial charge in [-0.15, -0.1) is 0 Å². The summed E-state index contributed by atoms with van der Waals surface area (Å²) in [5.74, 6) is 1.41. The van der Waals surface area contributed by atoms with Crippen LogP contribution >= 0.6 is 0 Å². The summed E-state index contributed by atoms with van der Waals surface area (Å²) in [7, 11) is 3.22. The fraction of sp³-hybridized carbons (Fsp3) is 0.346. The average Bonchev–Trinajstić information content (AvgIpc) is 3.50. The smallest absolute Gasteiger partial charge is 0.257 e. The lowest BCUT2D eigenvalue weighted by atomic mass is 10.1. The molecule has 35 heavy (non-hydrogen) atoms. The predicted octanol–water partition coefficient (Wildman–Crippen LogP) is 3.34. The second kappa shape index (κ2) is 9.79. The van der Waals surface area contributed by atoms with Crippen LogP contribution in [0.3, 0.4) is 0 Å². The molecule has 9 heteroatoms. The van der Waals surface area contributed by atoms with Crippen molar-refractivity contribution >= 4 is 33.9 Å². The number of carbonyl (C=O) groups excluding carboxylic acids is 1. The largest absolute Gasteiger partial charge is 0.493 e. The Hall–Kier alpha value is -3.85. The van der Waals surface area contributed by atoms with Gasteiger partial charge in [0.1, 0.15) is 16.9 Å². The average molecular weight is 476 g/mol. The molecule has 9 nitrogen and oxygen atoms in total. The molecule has 0 saturated carbocycles. The number of rotatable bonds is 8. The lowest BCUT2D eigenvalue weighted by molar-refractivity contribution is 0.0859. The highest BCUT2D eigenvalue weighted by molar-refractivity contribution is 6.10. The molecule has 4 aromatic rings. The third kappa shape index (κ3) is 4.46. The number of para-hydroxylation sites is 2. The number of nitrogens with one attached hydrogen (secondary N) is 1. The number of carbonyl (C=O) groups is 1. The molecular formula is C26H29N5O4. The van der Waals surface area contributed by atoms with E-state index in [0.29, 0.717) is 59.1 Å². The Labute approximate surface area is 203 Å². The first-order valence-electron chi connectivity index (χ1n) is 11.7. The molecule has 3 N–H and O–H groups in total. The van der Waals surface area contributed by atoms with Crippen molar-refractivity contribution in [3.8, 4) is 11.5 Å². The van der Waals surface area contributed by atoms with Crippen LogP contribution in [0.4, 0.5) is 5.82 Å². The van der Waals surface area contributed by atoms with Crippen LogP contribution in [0.25, 0.3) is 22.2 Å². The second-order valence-corrected chi connectivity index (χ2v) is 8.58. The second-order valence-electron chi connectivity index (χ2n) is 8.58. The number of amides is 1. The maximum absolute atomic E-state index is 13.3. The van der Waals surface area contributed by atoms with E-state index in [9.17, 15) is 4.79 Å². The van der Waals surface area contributed by atoms with Crippen LogP contribution in [-0.4, -0.2) is 53.9 Å². The minimum atomic E-state index is -0.266. The molecule has 1 saturated heterocycles. The Morgan fingerprint density at radius 2 is 1.91 bits per heavy atom. The van der Waals surface area contributed by atoms with Gasteiger partial charge >= 0.3 is 0 Å². The van der Waals surface area contributed by atoms with Gasteiger partial charge in [0.2, 0.25) is 0 Å². The fourth-order valence-corrected chi connectivity index (χ4v) is 4.54. The fourth-order valence-electron chi connectivity index (χ4n) is 4.54. The van der Waals surface area contributed by atoms with Crippen molar-refractivity contribution in [1.29, 1.82) is 0 Å². The summed E-state index contributed by atoms with van der Waals surface area (Å²) in [5, 5.41) is 2.98. The molecule has 2 aromatic carbocycles. The van der Waals surface area contributed by atoms with Gasteiger partial charge in [-0.2, -0.15) is 0 Å². The number of anilines is 1. The third-order valence-corrected chi connectivity index (χ3v) is 6.40. The predicted molar refractivity (Wildman–Crippen MR) is 134 cm³/mol. The molecule has 0 spiro atoms. The van der Waals surface area contributed by atoms with Crippen LogP contribution in [0.1, 0.15) is 28.8 Å². The van der Waals surface area contributed by atoms with Gasteiger partial charge in [0, 0.05) is 19.7 Å². The van der Waals surface area contributed by atoms with Crippen molar-refractivity contribution in [2.75, 3.05) is 33.1 Å². The van der Waals surface area contributed by atoms with E-state index < -0.39 is 0 Å². The Morgan fingerprint density at radius 3 is 2.63 bits per heavy atom. The van der Waals surface area contributed by atoms with Gasteiger partial charge in [-0.3, -0.25) is 4.79 Å².